The highest BCUT2D eigenvalue weighted by atomic mass is 16.4. The van der Waals surface area contributed by atoms with E-state index in [9.17, 15) is 4.79 Å². The van der Waals surface area contributed by atoms with E-state index in [-0.39, 0.29) is 0 Å². The second-order valence-electron chi connectivity index (χ2n) is 4.30. The first-order chi connectivity index (χ1) is 9.11. The molecule has 0 aliphatic rings. The third-order valence-electron chi connectivity index (χ3n) is 3.04. The Hall–Kier alpha value is -2.30. The second kappa shape index (κ2) is 5.56. The van der Waals surface area contributed by atoms with Crippen molar-refractivity contribution in [2.75, 3.05) is 5.32 Å². The maximum absolute atomic E-state index is 11.0. The van der Waals surface area contributed by atoms with Gasteiger partial charge in [0.1, 0.15) is 0 Å². The summed E-state index contributed by atoms with van der Waals surface area (Å²) in [6, 6.07) is 7.17. The summed E-state index contributed by atoms with van der Waals surface area (Å²) in [7, 11) is 0. The lowest BCUT2D eigenvalue weighted by Crippen LogP contribution is -2.06. The average Bonchev–Trinajstić information content (AvgIpc) is 2.85. The molecule has 0 saturated heterocycles. The molecule has 1 aromatic heterocycles. The van der Waals surface area contributed by atoms with E-state index in [1.54, 1.807) is 19.1 Å². The zero-order valence-corrected chi connectivity index (χ0v) is 11.1. The second-order valence-corrected chi connectivity index (χ2v) is 4.30. The van der Waals surface area contributed by atoms with Gasteiger partial charge in [0, 0.05) is 18.4 Å². The molecule has 0 spiro atoms. The number of nitrogens with zero attached hydrogens (tertiary/aromatic N) is 2. The number of carbonyl (C=O) groups is 1. The predicted molar refractivity (Wildman–Crippen MR) is 73.4 cm³/mol. The van der Waals surface area contributed by atoms with E-state index in [4.69, 9.17) is 5.11 Å². The molecule has 1 heterocycles. The predicted octanol–water partition coefficient (Wildman–Crippen LogP) is 2.52. The summed E-state index contributed by atoms with van der Waals surface area (Å²) in [5, 5.41) is 16.7. The highest BCUT2D eigenvalue weighted by Gasteiger charge is 2.09. The number of benzene rings is 1. The topological polar surface area (TPSA) is 67.2 Å². The number of hydrogen-bond acceptors (Lipinski definition) is 3. The van der Waals surface area contributed by atoms with Crippen molar-refractivity contribution in [3.8, 4) is 0 Å². The van der Waals surface area contributed by atoms with Gasteiger partial charge in [-0.25, -0.2) is 4.79 Å². The van der Waals surface area contributed by atoms with Crippen molar-refractivity contribution in [1.82, 2.24) is 9.78 Å². The molecular formula is C14H17N3O2. The van der Waals surface area contributed by atoms with Gasteiger partial charge in [-0.15, -0.1) is 0 Å². The van der Waals surface area contributed by atoms with Crippen LogP contribution < -0.4 is 5.32 Å². The molecule has 2 rings (SSSR count). The molecule has 0 atom stereocenters. The monoisotopic (exact) mass is 259 g/mol. The molecule has 0 radical (unpaired) electrons. The molecule has 0 bridgehead atoms. The van der Waals surface area contributed by atoms with E-state index in [1.807, 2.05) is 29.9 Å². The Labute approximate surface area is 111 Å². The van der Waals surface area contributed by atoms with Gasteiger partial charge < -0.3 is 10.4 Å². The summed E-state index contributed by atoms with van der Waals surface area (Å²) in [6.45, 7) is 5.26. The van der Waals surface area contributed by atoms with Crippen molar-refractivity contribution in [2.24, 2.45) is 0 Å². The Morgan fingerprint density at radius 3 is 2.84 bits per heavy atom. The highest BCUT2D eigenvalue weighted by Crippen LogP contribution is 2.19. The van der Waals surface area contributed by atoms with E-state index in [2.05, 4.69) is 10.4 Å². The molecule has 19 heavy (non-hydrogen) atoms. The number of carboxylic acid groups (broad SMARTS) is 1. The van der Waals surface area contributed by atoms with Crippen LogP contribution in [0.25, 0.3) is 0 Å². The Kier molecular flexibility index (Phi) is 3.85. The number of aromatic carboxylic acids is 1. The minimum absolute atomic E-state index is 0.323. The molecule has 0 amide bonds. The summed E-state index contributed by atoms with van der Waals surface area (Å²) in [5.74, 6) is -0.906. The van der Waals surface area contributed by atoms with Gasteiger partial charge in [0.2, 0.25) is 0 Å². The lowest BCUT2D eigenvalue weighted by molar-refractivity contribution is 0.0696. The summed E-state index contributed by atoms with van der Waals surface area (Å²) < 4.78 is 1.86. The van der Waals surface area contributed by atoms with Gasteiger partial charge in [-0.1, -0.05) is 6.07 Å². The lowest BCUT2D eigenvalue weighted by Gasteiger charge is -2.10. The number of nitrogens with one attached hydrogen (secondary N) is 1. The number of carboxylic acids is 1. The summed E-state index contributed by atoms with van der Waals surface area (Å²) in [5.41, 5.74) is 2.82. The first-order valence-corrected chi connectivity index (χ1v) is 6.21. The van der Waals surface area contributed by atoms with Gasteiger partial charge in [-0.3, -0.25) is 4.68 Å². The van der Waals surface area contributed by atoms with E-state index in [1.165, 1.54) is 0 Å². The van der Waals surface area contributed by atoms with Crippen LogP contribution in [0.3, 0.4) is 0 Å². The molecule has 1 aromatic carbocycles. The molecule has 2 aromatic rings. The molecular weight excluding hydrogens is 242 g/mol. The van der Waals surface area contributed by atoms with Gasteiger partial charge in [0.25, 0.3) is 0 Å². The lowest BCUT2D eigenvalue weighted by atomic mass is 10.1. The van der Waals surface area contributed by atoms with Crippen LogP contribution in [0.2, 0.25) is 0 Å². The van der Waals surface area contributed by atoms with Gasteiger partial charge >= 0.3 is 5.97 Å². The SMILES string of the molecule is CCn1ccc(CNc2cccc(C(=O)O)c2C)n1. The smallest absolute Gasteiger partial charge is 0.336 e. The van der Waals surface area contributed by atoms with Crippen molar-refractivity contribution in [2.45, 2.75) is 26.9 Å². The first-order valence-electron chi connectivity index (χ1n) is 6.21. The molecule has 0 saturated carbocycles. The van der Waals surface area contributed by atoms with E-state index in [0.29, 0.717) is 12.1 Å². The van der Waals surface area contributed by atoms with Crippen molar-refractivity contribution in [1.29, 1.82) is 0 Å². The van der Waals surface area contributed by atoms with Crippen LogP contribution in [0, 0.1) is 6.92 Å². The third-order valence-corrected chi connectivity index (χ3v) is 3.04. The average molecular weight is 259 g/mol. The number of aryl methyl sites for hydroxylation is 1. The summed E-state index contributed by atoms with van der Waals surface area (Å²) in [6.07, 6.45) is 1.93. The maximum atomic E-state index is 11.0. The Morgan fingerprint density at radius 2 is 2.21 bits per heavy atom. The fraction of sp³-hybridized carbons (Fsp3) is 0.286. The van der Waals surface area contributed by atoms with Crippen LogP contribution in [0.15, 0.2) is 30.5 Å². The quantitative estimate of drug-likeness (QED) is 0.865. The minimum Gasteiger partial charge on any atom is -0.478 e. The molecule has 0 fully saturated rings. The third kappa shape index (κ3) is 2.93. The van der Waals surface area contributed by atoms with Gasteiger partial charge in [-0.2, -0.15) is 5.10 Å². The van der Waals surface area contributed by atoms with Crippen molar-refractivity contribution in [3.63, 3.8) is 0 Å². The minimum atomic E-state index is -0.906. The fourth-order valence-corrected chi connectivity index (χ4v) is 1.92. The number of anilines is 1. The fourth-order valence-electron chi connectivity index (χ4n) is 1.92. The molecule has 2 N–H and O–H groups in total. The summed E-state index contributed by atoms with van der Waals surface area (Å²) in [4.78, 5) is 11.0. The molecule has 0 aliphatic heterocycles. The van der Waals surface area contributed by atoms with E-state index in [0.717, 1.165) is 23.5 Å². The zero-order chi connectivity index (χ0) is 13.8. The number of hydrogen-bond donors (Lipinski definition) is 2. The van der Waals surface area contributed by atoms with E-state index >= 15 is 0 Å². The van der Waals surface area contributed by atoms with Crippen molar-refractivity contribution < 1.29 is 9.90 Å². The Bertz CT molecular complexity index is 590. The van der Waals surface area contributed by atoms with Crippen molar-refractivity contribution >= 4 is 11.7 Å². The highest BCUT2D eigenvalue weighted by molar-refractivity contribution is 5.91. The van der Waals surface area contributed by atoms with Gasteiger partial charge in [0.15, 0.2) is 0 Å². The van der Waals surface area contributed by atoms with Crippen LogP contribution in [0.5, 0.6) is 0 Å². The molecule has 100 valence electrons. The normalized spacial score (nSPS) is 10.4. The number of aromatic nitrogens is 2. The van der Waals surface area contributed by atoms with Crippen molar-refractivity contribution in [3.05, 3.63) is 47.3 Å². The molecule has 0 aliphatic carbocycles. The molecule has 5 heteroatoms. The Morgan fingerprint density at radius 1 is 1.42 bits per heavy atom. The van der Waals surface area contributed by atoms with Crippen LogP contribution in [-0.2, 0) is 13.1 Å². The van der Waals surface area contributed by atoms with Crippen LogP contribution in [0.1, 0.15) is 28.5 Å². The molecule has 0 unspecified atom stereocenters. The van der Waals surface area contributed by atoms with Gasteiger partial charge in [-0.05, 0) is 37.6 Å². The summed E-state index contributed by atoms with van der Waals surface area (Å²) >= 11 is 0. The first kappa shape index (κ1) is 13.1. The standard InChI is InChI=1S/C14H17N3O2/c1-3-17-8-7-11(16-17)9-15-13-6-4-5-12(10(13)2)14(18)19/h4-8,15H,3,9H2,1-2H3,(H,18,19). The number of rotatable bonds is 5. The van der Waals surface area contributed by atoms with Gasteiger partial charge in [0.05, 0.1) is 17.8 Å². The van der Waals surface area contributed by atoms with E-state index < -0.39 is 5.97 Å². The Balaban J connectivity index is 2.11. The van der Waals surface area contributed by atoms with Crippen LogP contribution >= 0.6 is 0 Å². The zero-order valence-electron chi connectivity index (χ0n) is 11.1. The van der Waals surface area contributed by atoms with Crippen LogP contribution in [0.4, 0.5) is 5.69 Å². The molecule has 5 nitrogen and oxygen atoms in total. The largest absolute Gasteiger partial charge is 0.478 e. The van der Waals surface area contributed by atoms with Crippen LogP contribution in [-0.4, -0.2) is 20.9 Å². The maximum Gasteiger partial charge on any atom is 0.336 e.